The summed E-state index contributed by atoms with van der Waals surface area (Å²) in [5.41, 5.74) is 2.03. The Morgan fingerprint density at radius 2 is 2.09 bits per heavy atom. The average molecular weight is 334 g/mol. The first-order valence-corrected chi connectivity index (χ1v) is 7.85. The lowest BCUT2D eigenvalue weighted by Crippen LogP contribution is -2.24. The van der Waals surface area contributed by atoms with Crippen LogP contribution < -0.4 is 15.4 Å². The molecular weight excluding hydrogens is 314 g/mol. The summed E-state index contributed by atoms with van der Waals surface area (Å²) in [6.07, 6.45) is 5.20. The molecule has 0 fully saturated rings. The number of aromatic nitrogens is 1. The predicted molar refractivity (Wildman–Crippen MR) is 92.8 cm³/mol. The van der Waals surface area contributed by atoms with Gasteiger partial charge in [-0.05, 0) is 30.7 Å². The van der Waals surface area contributed by atoms with Crippen molar-refractivity contribution < 1.29 is 9.53 Å². The third kappa shape index (κ3) is 4.86. The van der Waals surface area contributed by atoms with E-state index < -0.39 is 0 Å². The van der Waals surface area contributed by atoms with Crippen LogP contribution in [0.2, 0.25) is 5.02 Å². The van der Waals surface area contributed by atoms with Crippen LogP contribution in [0.5, 0.6) is 5.75 Å². The number of unbranched alkanes of at least 4 members (excludes halogenated alkanes) is 1. The van der Waals surface area contributed by atoms with Gasteiger partial charge in [0.05, 0.1) is 29.6 Å². The van der Waals surface area contributed by atoms with Gasteiger partial charge in [-0.2, -0.15) is 0 Å². The van der Waals surface area contributed by atoms with Gasteiger partial charge >= 0.3 is 0 Å². The monoisotopic (exact) mass is 333 g/mol. The van der Waals surface area contributed by atoms with E-state index in [4.69, 9.17) is 16.3 Å². The second kappa shape index (κ2) is 8.39. The van der Waals surface area contributed by atoms with Crippen molar-refractivity contribution in [3.8, 4) is 5.75 Å². The smallest absolute Gasteiger partial charge is 0.252 e. The number of carbonyl (C=O) groups excluding carboxylic acids is 1. The van der Waals surface area contributed by atoms with Gasteiger partial charge in [-0.15, -0.1) is 0 Å². The number of rotatable bonds is 7. The van der Waals surface area contributed by atoms with Crippen LogP contribution in [0.1, 0.15) is 30.1 Å². The molecule has 1 amide bonds. The molecule has 122 valence electrons. The summed E-state index contributed by atoms with van der Waals surface area (Å²) in [6, 6.07) is 7.14. The normalized spacial score (nSPS) is 10.2. The molecule has 0 saturated heterocycles. The number of hydrogen-bond acceptors (Lipinski definition) is 4. The van der Waals surface area contributed by atoms with Crippen LogP contribution in [0.25, 0.3) is 0 Å². The molecule has 1 heterocycles. The van der Waals surface area contributed by atoms with Crippen LogP contribution in [0.15, 0.2) is 36.7 Å². The largest absolute Gasteiger partial charge is 0.495 e. The van der Waals surface area contributed by atoms with Crippen molar-refractivity contribution in [3.05, 3.63) is 47.2 Å². The first kappa shape index (κ1) is 17.1. The Labute approximate surface area is 141 Å². The van der Waals surface area contributed by atoms with E-state index in [1.54, 1.807) is 37.7 Å². The van der Waals surface area contributed by atoms with E-state index in [1.165, 1.54) is 0 Å². The third-order valence-electron chi connectivity index (χ3n) is 3.26. The van der Waals surface area contributed by atoms with Crippen molar-refractivity contribution in [1.29, 1.82) is 0 Å². The molecule has 2 rings (SSSR count). The van der Waals surface area contributed by atoms with Gasteiger partial charge < -0.3 is 15.4 Å². The number of halogens is 1. The SMILES string of the molecule is CCCCNC(=O)c1cncc(Nc2ccc(OC)c(Cl)c2)c1. The Morgan fingerprint density at radius 1 is 1.26 bits per heavy atom. The minimum atomic E-state index is -0.123. The number of nitrogens with one attached hydrogen (secondary N) is 2. The van der Waals surface area contributed by atoms with Crippen LogP contribution in [0, 0.1) is 0 Å². The lowest BCUT2D eigenvalue weighted by Gasteiger charge is -2.10. The highest BCUT2D eigenvalue weighted by Gasteiger charge is 2.07. The fourth-order valence-corrected chi connectivity index (χ4v) is 2.28. The molecule has 0 saturated carbocycles. The molecule has 23 heavy (non-hydrogen) atoms. The minimum absolute atomic E-state index is 0.123. The van der Waals surface area contributed by atoms with Crippen molar-refractivity contribution in [3.63, 3.8) is 0 Å². The highest BCUT2D eigenvalue weighted by molar-refractivity contribution is 6.32. The number of carbonyl (C=O) groups is 1. The minimum Gasteiger partial charge on any atom is -0.495 e. The molecule has 2 aromatic rings. The van der Waals surface area contributed by atoms with Gasteiger partial charge in [0.25, 0.3) is 5.91 Å². The molecule has 2 N–H and O–H groups in total. The zero-order valence-electron chi connectivity index (χ0n) is 13.2. The van der Waals surface area contributed by atoms with E-state index in [9.17, 15) is 4.79 Å². The maximum absolute atomic E-state index is 12.0. The molecule has 5 nitrogen and oxygen atoms in total. The quantitative estimate of drug-likeness (QED) is 0.751. The summed E-state index contributed by atoms with van der Waals surface area (Å²) >= 11 is 6.10. The van der Waals surface area contributed by atoms with Gasteiger partial charge in [0.2, 0.25) is 0 Å². The maximum atomic E-state index is 12.0. The molecule has 0 aliphatic heterocycles. The van der Waals surface area contributed by atoms with Crippen LogP contribution in [-0.2, 0) is 0 Å². The first-order chi connectivity index (χ1) is 11.1. The second-order valence-electron chi connectivity index (χ2n) is 5.05. The van der Waals surface area contributed by atoms with Crippen molar-refractivity contribution >= 4 is 28.9 Å². The Hall–Kier alpha value is -2.27. The third-order valence-corrected chi connectivity index (χ3v) is 3.55. The lowest BCUT2D eigenvalue weighted by atomic mass is 10.2. The Kier molecular flexibility index (Phi) is 6.23. The molecule has 1 aromatic carbocycles. The van der Waals surface area contributed by atoms with Gasteiger partial charge in [0.15, 0.2) is 0 Å². The van der Waals surface area contributed by atoms with E-state index in [0.29, 0.717) is 22.9 Å². The highest BCUT2D eigenvalue weighted by Crippen LogP contribution is 2.28. The van der Waals surface area contributed by atoms with Crippen molar-refractivity contribution in [2.24, 2.45) is 0 Å². The number of amides is 1. The van der Waals surface area contributed by atoms with E-state index in [0.717, 1.165) is 24.2 Å². The fraction of sp³-hybridized carbons (Fsp3) is 0.294. The molecule has 0 radical (unpaired) electrons. The van der Waals surface area contributed by atoms with E-state index in [-0.39, 0.29) is 5.91 Å². The number of anilines is 2. The summed E-state index contributed by atoms with van der Waals surface area (Å²) < 4.78 is 5.12. The van der Waals surface area contributed by atoms with Crippen LogP contribution in [0.3, 0.4) is 0 Å². The first-order valence-electron chi connectivity index (χ1n) is 7.48. The highest BCUT2D eigenvalue weighted by atomic mass is 35.5. The molecular formula is C17H20ClN3O2. The van der Waals surface area contributed by atoms with Crippen LogP contribution >= 0.6 is 11.6 Å². The van der Waals surface area contributed by atoms with Crippen LogP contribution in [0.4, 0.5) is 11.4 Å². The maximum Gasteiger partial charge on any atom is 0.252 e. The molecule has 6 heteroatoms. The van der Waals surface area contributed by atoms with Gasteiger partial charge in [0, 0.05) is 18.4 Å². The number of methoxy groups -OCH3 is 1. The molecule has 0 bridgehead atoms. The topological polar surface area (TPSA) is 63.2 Å². The van der Waals surface area contributed by atoms with E-state index in [2.05, 4.69) is 22.5 Å². The number of ether oxygens (including phenoxy) is 1. The van der Waals surface area contributed by atoms with Crippen molar-refractivity contribution in [2.75, 3.05) is 19.0 Å². The van der Waals surface area contributed by atoms with E-state index >= 15 is 0 Å². The molecule has 1 aromatic heterocycles. The number of pyridine rings is 1. The Bertz CT molecular complexity index is 677. The molecule has 0 aliphatic carbocycles. The molecule has 0 atom stereocenters. The Morgan fingerprint density at radius 3 is 2.78 bits per heavy atom. The summed E-state index contributed by atoms with van der Waals surface area (Å²) in [5, 5.41) is 6.56. The molecule has 0 spiro atoms. The lowest BCUT2D eigenvalue weighted by molar-refractivity contribution is 0.0953. The summed E-state index contributed by atoms with van der Waals surface area (Å²) in [5.74, 6) is 0.488. The summed E-state index contributed by atoms with van der Waals surface area (Å²) in [7, 11) is 1.57. The van der Waals surface area contributed by atoms with Gasteiger partial charge in [0.1, 0.15) is 5.75 Å². The second-order valence-corrected chi connectivity index (χ2v) is 5.45. The standard InChI is InChI=1S/C17H20ClN3O2/c1-3-4-7-20-17(22)12-8-14(11-19-10-12)21-13-5-6-16(23-2)15(18)9-13/h5-6,8-11,21H,3-4,7H2,1-2H3,(H,20,22). The number of nitrogens with zero attached hydrogens (tertiary/aromatic N) is 1. The predicted octanol–water partition coefficient (Wildman–Crippen LogP) is 4.02. The molecule has 0 unspecified atom stereocenters. The van der Waals surface area contributed by atoms with Gasteiger partial charge in [-0.1, -0.05) is 24.9 Å². The summed E-state index contributed by atoms with van der Waals surface area (Å²) in [6.45, 7) is 2.75. The van der Waals surface area contributed by atoms with Gasteiger partial charge in [-0.3, -0.25) is 9.78 Å². The fourth-order valence-electron chi connectivity index (χ4n) is 2.02. The van der Waals surface area contributed by atoms with Crippen LogP contribution in [-0.4, -0.2) is 24.5 Å². The van der Waals surface area contributed by atoms with E-state index in [1.807, 2.05) is 6.07 Å². The molecule has 0 aliphatic rings. The zero-order chi connectivity index (χ0) is 16.7. The Balaban J connectivity index is 2.07. The van der Waals surface area contributed by atoms with Crippen molar-refractivity contribution in [2.45, 2.75) is 19.8 Å². The number of hydrogen-bond donors (Lipinski definition) is 2. The van der Waals surface area contributed by atoms with Crippen molar-refractivity contribution in [1.82, 2.24) is 10.3 Å². The zero-order valence-corrected chi connectivity index (χ0v) is 14.0. The van der Waals surface area contributed by atoms with Gasteiger partial charge in [-0.25, -0.2) is 0 Å². The average Bonchev–Trinajstić information content (AvgIpc) is 2.55. The summed E-state index contributed by atoms with van der Waals surface area (Å²) in [4.78, 5) is 16.2. The number of benzene rings is 1.